The summed E-state index contributed by atoms with van der Waals surface area (Å²) in [4.78, 5) is 0. The van der Waals surface area contributed by atoms with Crippen LogP contribution in [0.1, 0.15) is 22.7 Å². The van der Waals surface area contributed by atoms with Crippen LogP contribution in [0, 0.1) is 25.2 Å². The number of hydrogen-bond acceptors (Lipinski definition) is 2. The molecule has 2 aromatic rings. The summed E-state index contributed by atoms with van der Waals surface area (Å²) in [5.41, 5.74) is 4.34. The van der Waals surface area contributed by atoms with E-state index in [4.69, 9.17) is 0 Å². The lowest BCUT2D eigenvalue weighted by Crippen LogP contribution is -2.09. The van der Waals surface area contributed by atoms with Crippen molar-refractivity contribution >= 4 is 5.69 Å². The Morgan fingerprint density at radius 1 is 1.00 bits per heavy atom. The van der Waals surface area contributed by atoms with E-state index in [0.717, 1.165) is 16.8 Å². The first-order valence-corrected chi connectivity index (χ1v) is 5.99. The molecule has 0 aliphatic rings. The average molecular weight is 236 g/mol. The van der Waals surface area contributed by atoms with Crippen molar-refractivity contribution in [3.05, 3.63) is 65.2 Å². The molecule has 0 aromatic heterocycles. The van der Waals surface area contributed by atoms with Gasteiger partial charge in [0.15, 0.2) is 0 Å². The molecule has 0 bridgehead atoms. The van der Waals surface area contributed by atoms with Gasteiger partial charge in [-0.05, 0) is 31.0 Å². The van der Waals surface area contributed by atoms with E-state index in [0.29, 0.717) is 0 Å². The Morgan fingerprint density at radius 2 is 1.67 bits per heavy atom. The summed E-state index contributed by atoms with van der Waals surface area (Å²) in [7, 11) is 0. The third-order valence-electron chi connectivity index (χ3n) is 2.98. The third-order valence-corrected chi connectivity index (χ3v) is 2.98. The summed E-state index contributed by atoms with van der Waals surface area (Å²) in [6.45, 7) is 4.08. The van der Waals surface area contributed by atoms with Gasteiger partial charge in [-0.3, -0.25) is 0 Å². The smallest absolute Gasteiger partial charge is 0.140 e. The predicted octanol–water partition coefficient (Wildman–Crippen LogP) is 3.98. The second-order valence-corrected chi connectivity index (χ2v) is 4.43. The Kier molecular flexibility index (Phi) is 3.64. The lowest BCUT2D eigenvalue weighted by atomic mass is 10.1. The number of nitriles is 1. The molecule has 0 saturated carbocycles. The molecule has 2 nitrogen and oxygen atoms in total. The van der Waals surface area contributed by atoms with Crippen molar-refractivity contribution in [1.82, 2.24) is 0 Å². The van der Waals surface area contributed by atoms with E-state index in [1.54, 1.807) is 0 Å². The van der Waals surface area contributed by atoms with Crippen molar-refractivity contribution in [2.24, 2.45) is 0 Å². The molecule has 0 aliphatic carbocycles. The summed E-state index contributed by atoms with van der Waals surface area (Å²) >= 11 is 0. The first-order chi connectivity index (χ1) is 8.70. The third kappa shape index (κ3) is 2.70. The Labute approximate surface area is 108 Å². The van der Waals surface area contributed by atoms with Gasteiger partial charge < -0.3 is 5.32 Å². The summed E-state index contributed by atoms with van der Waals surface area (Å²) in [6, 6.07) is 18.0. The van der Waals surface area contributed by atoms with E-state index in [9.17, 15) is 5.26 Å². The zero-order valence-corrected chi connectivity index (χ0v) is 10.6. The Hall–Kier alpha value is -2.27. The minimum Gasteiger partial charge on any atom is -0.366 e. The highest BCUT2D eigenvalue weighted by Gasteiger charge is 2.10. The van der Waals surface area contributed by atoms with Crippen molar-refractivity contribution in [3.63, 3.8) is 0 Å². The number of anilines is 1. The molecule has 0 heterocycles. The summed E-state index contributed by atoms with van der Waals surface area (Å²) < 4.78 is 0. The zero-order valence-electron chi connectivity index (χ0n) is 10.6. The highest BCUT2D eigenvalue weighted by atomic mass is 14.9. The normalized spacial score (nSPS) is 11.6. The standard InChI is InChI=1S/C16H16N2/c1-12-7-9-14(10-8-12)16(11-17)18-15-6-4-3-5-13(15)2/h3-10,16,18H,1-2H3. The van der Waals surface area contributed by atoms with Crippen molar-refractivity contribution in [2.75, 3.05) is 5.32 Å². The molecule has 0 amide bonds. The van der Waals surface area contributed by atoms with Gasteiger partial charge in [0.1, 0.15) is 6.04 Å². The maximum atomic E-state index is 9.29. The molecule has 2 heteroatoms. The van der Waals surface area contributed by atoms with Crippen molar-refractivity contribution < 1.29 is 0 Å². The van der Waals surface area contributed by atoms with Crippen molar-refractivity contribution in [1.29, 1.82) is 5.26 Å². The van der Waals surface area contributed by atoms with Gasteiger partial charge in [-0.15, -0.1) is 0 Å². The summed E-state index contributed by atoms with van der Waals surface area (Å²) in [5.74, 6) is 0. The van der Waals surface area contributed by atoms with Crippen molar-refractivity contribution in [3.8, 4) is 6.07 Å². The van der Waals surface area contributed by atoms with Gasteiger partial charge in [0.25, 0.3) is 0 Å². The van der Waals surface area contributed by atoms with Crippen LogP contribution < -0.4 is 5.32 Å². The predicted molar refractivity (Wildman–Crippen MR) is 74.3 cm³/mol. The van der Waals surface area contributed by atoms with Crippen LogP contribution in [-0.2, 0) is 0 Å². The molecule has 1 N–H and O–H groups in total. The van der Waals surface area contributed by atoms with Gasteiger partial charge >= 0.3 is 0 Å². The van der Waals surface area contributed by atoms with Crippen LogP contribution in [0.25, 0.3) is 0 Å². The topological polar surface area (TPSA) is 35.8 Å². The molecular formula is C16H16N2. The summed E-state index contributed by atoms with van der Waals surface area (Å²) in [6.07, 6.45) is 0. The molecule has 0 aliphatic heterocycles. The first kappa shape index (κ1) is 12.2. The van der Waals surface area contributed by atoms with Gasteiger partial charge in [-0.2, -0.15) is 5.26 Å². The van der Waals surface area contributed by atoms with Crippen LogP contribution in [0.5, 0.6) is 0 Å². The molecule has 2 aromatic carbocycles. The van der Waals surface area contributed by atoms with Gasteiger partial charge in [-0.25, -0.2) is 0 Å². The molecule has 0 spiro atoms. The largest absolute Gasteiger partial charge is 0.366 e. The van der Waals surface area contributed by atoms with E-state index >= 15 is 0 Å². The fourth-order valence-electron chi connectivity index (χ4n) is 1.84. The second kappa shape index (κ2) is 5.37. The van der Waals surface area contributed by atoms with Crippen LogP contribution in [0.4, 0.5) is 5.69 Å². The van der Waals surface area contributed by atoms with Crippen LogP contribution in [0.15, 0.2) is 48.5 Å². The second-order valence-electron chi connectivity index (χ2n) is 4.43. The number of rotatable bonds is 3. The maximum absolute atomic E-state index is 9.29. The molecule has 1 atom stereocenters. The first-order valence-electron chi connectivity index (χ1n) is 5.99. The Balaban J connectivity index is 2.23. The minimum atomic E-state index is -0.313. The lowest BCUT2D eigenvalue weighted by Gasteiger charge is -2.15. The monoisotopic (exact) mass is 236 g/mol. The quantitative estimate of drug-likeness (QED) is 0.875. The molecule has 0 fully saturated rings. The van der Waals surface area contributed by atoms with E-state index < -0.39 is 0 Å². The molecule has 0 radical (unpaired) electrons. The van der Waals surface area contributed by atoms with Crippen LogP contribution in [0.2, 0.25) is 0 Å². The minimum absolute atomic E-state index is 0.313. The molecule has 0 saturated heterocycles. The SMILES string of the molecule is Cc1ccc(C(C#N)Nc2ccccc2C)cc1. The fourth-order valence-corrected chi connectivity index (χ4v) is 1.84. The number of nitrogens with zero attached hydrogens (tertiary/aromatic N) is 1. The van der Waals surface area contributed by atoms with Crippen LogP contribution in [-0.4, -0.2) is 0 Å². The fraction of sp³-hybridized carbons (Fsp3) is 0.188. The van der Waals surface area contributed by atoms with Gasteiger partial charge in [-0.1, -0.05) is 48.0 Å². The number of hydrogen-bond donors (Lipinski definition) is 1. The Morgan fingerprint density at radius 3 is 2.28 bits per heavy atom. The number of aryl methyl sites for hydroxylation is 2. The van der Waals surface area contributed by atoms with E-state index in [2.05, 4.69) is 11.4 Å². The maximum Gasteiger partial charge on any atom is 0.140 e. The van der Waals surface area contributed by atoms with Gasteiger partial charge in [0.05, 0.1) is 6.07 Å². The average Bonchev–Trinajstić information content (AvgIpc) is 2.39. The Bertz CT molecular complexity index is 564. The molecule has 1 unspecified atom stereocenters. The van der Waals surface area contributed by atoms with Crippen LogP contribution in [0.3, 0.4) is 0 Å². The highest BCUT2D eigenvalue weighted by Crippen LogP contribution is 2.21. The molecule has 90 valence electrons. The zero-order chi connectivity index (χ0) is 13.0. The van der Waals surface area contributed by atoms with Crippen molar-refractivity contribution in [2.45, 2.75) is 19.9 Å². The molecule has 2 rings (SSSR count). The van der Waals surface area contributed by atoms with E-state index in [-0.39, 0.29) is 6.04 Å². The number of benzene rings is 2. The highest BCUT2D eigenvalue weighted by molar-refractivity contribution is 5.53. The summed E-state index contributed by atoms with van der Waals surface area (Å²) in [5, 5.41) is 12.6. The van der Waals surface area contributed by atoms with Gasteiger partial charge in [0, 0.05) is 5.69 Å². The van der Waals surface area contributed by atoms with E-state index in [1.165, 1.54) is 5.56 Å². The van der Waals surface area contributed by atoms with E-state index in [1.807, 2.05) is 62.4 Å². The lowest BCUT2D eigenvalue weighted by molar-refractivity contribution is 0.992. The number of para-hydroxylation sites is 1. The molecular weight excluding hydrogens is 220 g/mol. The number of nitrogens with one attached hydrogen (secondary N) is 1. The van der Waals surface area contributed by atoms with Crippen LogP contribution >= 0.6 is 0 Å². The molecule has 18 heavy (non-hydrogen) atoms. The van der Waals surface area contributed by atoms with Gasteiger partial charge in [0.2, 0.25) is 0 Å².